The van der Waals surface area contributed by atoms with Crippen LogP contribution in [0.3, 0.4) is 0 Å². The average molecular weight is 222 g/mol. The van der Waals surface area contributed by atoms with Gasteiger partial charge in [0.05, 0.1) is 0 Å². The first-order chi connectivity index (χ1) is 7.61. The van der Waals surface area contributed by atoms with E-state index >= 15 is 0 Å². The number of halogens is 1. The Morgan fingerprint density at radius 3 is 2.88 bits per heavy atom. The smallest absolute Gasteiger partial charge is 0.250 e. The largest absolute Gasteiger partial charge is 0.505 e. The lowest BCUT2D eigenvalue weighted by molar-refractivity contribution is -0.120. The lowest BCUT2D eigenvalue weighted by atomic mass is 10.2. The summed E-state index contributed by atoms with van der Waals surface area (Å²) in [6.45, 7) is 1.86. The molecule has 1 aliphatic heterocycles. The number of hydrogen-bond donors (Lipinski definition) is 2. The van der Waals surface area contributed by atoms with Crippen molar-refractivity contribution in [3.63, 3.8) is 0 Å². The van der Waals surface area contributed by atoms with Crippen LogP contribution in [0.15, 0.2) is 23.2 Å². The minimum Gasteiger partial charge on any atom is -0.505 e. The van der Waals surface area contributed by atoms with E-state index in [1.807, 2.05) is 6.92 Å². The number of amides is 1. The Kier molecular flexibility index (Phi) is 2.60. The monoisotopic (exact) mass is 222 g/mol. The van der Waals surface area contributed by atoms with E-state index in [2.05, 4.69) is 10.3 Å². The van der Waals surface area contributed by atoms with Crippen LogP contribution >= 0.6 is 0 Å². The maximum atomic E-state index is 13.1. The first-order valence-corrected chi connectivity index (χ1v) is 4.99. The number of phenols is 1. The fourth-order valence-electron chi connectivity index (χ4n) is 1.52. The predicted octanol–water partition coefficient (Wildman–Crippen LogP) is 1.19. The Morgan fingerprint density at radius 2 is 2.31 bits per heavy atom. The summed E-state index contributed by atoms with van der Waals surface area (Å²) in [5.74, 6) is -0.961. The van der Waals surface area contributed by atoms with E-state index in [1.165, 1.54) is 12.1 Å². The minimum absolute atomic E-state index is 0.175. The van der Waals surface area contributed by atoms with Crippen molar-refractivity contribution in [2.75, 3.05) is 0 Å². The van der Waals surface area contributed by atoms with Gasteiger partial charge in [-0.2, -0.15) is 0 Å². The van der Waals surface area contributed by atoms with Crippen LogP contribution < -0.4 is 5.32 Å². The second-order valence-electron chi connectivity index (χ2n) is 3.56. The molecule has 0 saturated heterocycles. The van der Waals surface area contributed by atoms with E-state index in [4.69, 9.17) is 5.11 Å². The molecule has 1 amide bonds. The van der Waals surface area contributed by atoms with Crippen molar-refractivity contribution in [1.29, 1.82) is 0 Å². The van der Waals surface area contributed by atoms with Gasteiger partial charge in [0.1, 0.15) is 11.9 Å². The molecule has 2 N–H and O–H groups in total. The fraction of sp³-hybridized carbons (Fsp3) is 0.273. The van der Waals surface area contributed by atoms with E-state index < -0.39 is 17.6 Å². The van der Waals surface area contributed by atoms with Crippen molar-refractivity contribution in [1.82, 2.24) is 5.32 Å². The average Bonchev–Trinajstić information content (AvgIpc) is 2.64. The number of nitrogens with zero attached hydrogens (tertiary/aromatic N) is 1. The molecular weight excluding hydrogens is 211 g/mol. The number of phenolic OH excluding ortho intramolecular Hbond substituents is 1. The molecule has 0 radical (unpaired) electrons. The van der Waals surface area contributed by atoms with Crippen LogP contribution in [0, 0.1) is 5.82 Å². The van der Waals surface area contributed by atoms with Gasteiger partial charge in [-0.1, -0.05) is 6.92 Å². The number of nitrogens with one attached hydrogen (secondary N) is 1. The molecule has 2 rings (SSSR count). The zero-order valence-electron chi connectivity index (χ0n) is 8.70. The highest BCUT2D eigenvalue weighted by atomic mass is 19.1. The molecule has 0 saturated carbocycles. The molecule has 16 heavy (non-hydrogen) atoms. The molecule has 1 unspecified atom stereocenters. The standard InChI is InChI=1S/C11H11FN2O2/c1-2-8-11(16)14-10(13-8)6-3-4-9(15)7(12)5-6/h3-5,8,15H,2H2,1H3,(H,13,14,16). The third kappa shape index (κ3) is 1.76. The molecule has 1 heterocycles. The van der Waals surface area contributed by atoms with Crippen LogP contribution in [-0.2, 0) is 4.79 Å². The molecule has 0 spiro atoms. The van der Waals surface area contributed by atoms with E-state index in [0.29, 0.717) is 17.8 Å². The maximum Gasteiger partial charge on any atom is 0.250 e. The Morgan fingerprint density at radius 1 is 1.56 bits per heavy atom. The van der Waals surface area contributed by atoms with Crippen molar-refractivity contribution in [2.24, 2.45) is 4.99 Å². The molecular formula is C11H11FN2O2. The Hall–Kier alpha value is -1.91. The molecule has 0 aliphatic carbocycles. The molecule has 1 aromatic carbocycles. The number of amidine groups is 1. The third-order valence-electron chi connectivity index (χ3n) is 2.44. The summed E-state index contributed by atoms with van der Waals surface area (Å²) in [6, 6.07) is 3.49. The van der Waals surface area contributed by atoms with Gasteiger partial charge >= 0.3 is 0 Å². The summed E-state index contributed by atoms with van der Waals surface area (Å²) in [5, 5.41) is 11.6. The molecule has 5 heteroatoms. The zero-order chi connectivity index (χ0) is 11.7. The number of rotatable bonds is 2. The van der Waals surface area contributed by atoms with Crippen LogP contribution in [0.2, 0.25) is 0 Å². The van der Waals surface area contributed by atoms with Crippen molar-refractivity contribution >= 4 is 11.7 Å². The summed E-state index contributed by atoms with van der Waals surface area (Å²) in [4.78, 5) is 15.5. The second kappa shape index (κ2) is 3.92. The maximum absolute atomic E-state index is 13.1. The van der Waals surface area contributed by atoms with Gasteiger partial charge in [0.15, 0.2) is 11.6 Å². The first kappa shape index (κ1) is 10.6. The second-order valence-corrected chi connectivity index (χ2v) is 3.56. The number of carbonyl (C=O) groups excluding carboxylic acids is 1. The van der Waals surface area contributed by atoms with Crippen LogP contribution in [0.4, 0.5) is 4.39 Å². The molecule has 1 aromatic rings. The highest BCUT2D eigenvalue weighted by Crippen LogP contribution is 2.18. The zero-order valence-corrected chi connectivity index (χ0v) is 8.70. The van der Waals surface area contributed by atoms with E-state index in [-0.39, 0.29) is 5.91 Å². The van der Waals surface area contributed by atoms with Crippen molar-refractivity contribution < 1.29 is 14.3 Å². The van der Waals surface area contributed by atoms with Crippen molar-refractivity contribution in [3.05, 3.63) is 29.6 Å². The third-order valence-corrected chi connectivity index (χ3v) is 2.44. The normalized spacial score (nSPS) is 19.5. The number of carbonyl (C=O) groups is 1. The lowest BCUT2D eigenvalue weighted by Crippen LogP contribution is -2.28. The number of aliphatic imine (C=N–C) groups is 1. The fourth-order valence-corrected chi connectivity index (χ4v) is 1.52. The molecule has 0 aromatic heterocycles. The van der Waals surface area contributed by atoms with Gasteiger partial charge in [-0.05, 0) is 24.6 Å². The van der Waals surface area contributed by atoms with Crippen LogP contribution in [0.25, 0.3) is 0 Å². The van der Waals surface area contributed by atoms with Gasteiger partial charge < -0.3 is 10.4 Å². The van der Waals surface area contributed by atoms with E-state index in [1.54, 1.807) is 0 Å². The Balaban J connectivity index is 2.32. The van der Waals surface area contributed by atoms with Gasteiger partial charge in [0.25, 0.3) is 0 Å². The predicted molar refractivity (Wildman–Crippen MR) is 56.8 cm³/mol. The van der Waals surface area contributed by atoms with Crippen LogP contribution in [-0.4, -0.2) is 22.9 Å². The highest BCUT2D eigenvalue weighted by molar-refractivity contribution is 6.13. The summed E-state index contributed by atoms with van der Waals surface area (Å²) < 4.78 is 13.1. The topological polar surface area (TPSA) is 61.7 Å². The molecule has 0 bridgehead atoms. The number of hydrogen-bond acceptors (Lipinski definition) is 3. The van der Waals surface area contributed by atoms with Gasteiger partial charge in [0, 0.05) is 5.56 Å². The van der Waals surface area contributed by atoms with Gasteiger partial charge in [-0.15, -0.1) is 0 Å². The molecule has 4 nitrogen and oxygen atoms in total. The van der Waals surface area contributed by atoms with Gasteiger partial charge in [0.2, 0.25) is 5.91 Å². The highest BCUT2D eigenvalue weighted by Gasteiger charge is 2.25. The summed E-state index contributed by atoms with van der Waals surface area (Å²) in [6.07, 6.45) is 0.607. The van der Waals surface area contributed by atoms with Crippen LogP contribution in [0.5, 0.6) is 5.75 Å². The number of aromatic hydroxyl groups is 1. The molecule has 1 aliphatic rings. The molecule has 0 fully saturated rings. The molecule has 84 valence electrons. The van der Waals surface area contributed by atoms with Gasteiger partial charge in [-0.25, -0.2) is 4.39 Å². The quantitative estimate of drug-likeness (QED) is 0.789. The van der Waals surface area contributed by atoms with Crippen LogP contribution in [0.1, 0.15) is 18.9 Å². The number of benzene rings is 1. The Labute approximate surface area is 91.8 Å². The summed E-state index contributed by atoms with van der Waals surface area (Å²) >= 11 is 0. The first-order valence-electron chi connectivity index (χ1n) is 4.99. The minimum atomic E-state index is -0.727. The van der Waals surface area contributed by atoms with Gasteiger partial charge in [-0.3, -0.25) is 9.79 Å². The summed E-state index contributed by atoms with van der Waals surface area (Å²) in [5.41, 5.74) is 0.458. The molecule has 1 atom stereocenters. The summed E-state index contributed by atoms with van der Waals surface area (Å²) in [7, 11) is 0. The SMILES string of the molecule is CCC1N=C(c2ccc(O)c(F)c2)NC1=O. The van der Waals surface area contributed by atoms with E-state index in [9.17, 15) is 9.18 Å². The van der Waals surface area contributed by atoms with Crippen molar-refractivity contribution in [3.8, 4) is 5.75 Å². The Bertz CT molecular complexity index is 471. The lowest BCUT2D eigenvalue weighted by Gasteiger charge is -2.01. The van der Waals surface area contributed by atoms with Crippen molar-refractivity contribution in [2.45, 2.75) is 19.4 Å². The van der Waals surface area contributed by atoms with E-state index in [0.717, 1.165) is 6.07 Å².